The normalized spacial score (nSPS) is 15.4. The van der Waals surface area contributed by atoms with Crippen molar-refractivity contribution in [1.82, 2.24) is 14.8 Å². The molecule has 1 aliphatic rings. The Labute approximate surface area is 199 Å². The summed E-state index contributed by atoms with van der Waals surface area (Å²) in [5.41, 5.74) is 5.83. The average Bonchev–Trinajstić information content (AvgIpc) is 3.50. The number of fused-ring (bicyclic) bond motifs is 1. The van der Waals surface area contributed by atoms with E-state index in [1.54, 1.807) is 7.11 Å². The maximum atomic E-state index is 6.26. The second kappa shape index (κ2) is 9.83. The van der Waals surface area contributed by atoms with Crippen LogP contribution in [-0.2, 0) is 9.47 Å². The lowest BCUT2D eigenvalue weighted by molar-refractivity contribution is 0.122. The van der Waals surface area contributed by atoms with E-state index in [4.69, 9.17) is 24.0 Å². The van der Waals surface area contributed by atoms with Crippen LogP contribution in [-0.4, -0.2) is 54.8 Å². The number of aryl methyl sites for hydroxylation is 1. The van der Waals surface area contributed by atoms with Gasteiger partial charge >= 0.3 is 0 Å². The molecule has 0 N–H and O–H groups in total. The molecule has 7 heteroatoms. The largest absolute Gasteiger partial charge is 0.453 e. The molecular formula is C27H30N4O3. The number of pyridine rings is 1. The van der Waals surface area contributed by atoms with E-state index in [0.717, 1.165) is 52.7 Å². The fourth-order valence-electron chi connectivity index (χ4n) is 4.24. The summed E-state index contributed by atoms with van der Waals surface area (Å²) in [4.78, 5) is 7.20. The van der Waals surface area contributed by atoms with Crippen LogP contribution in [0.2, 0.25) is 0 Å². The van der Waals surface area contributed by atoms with Gasteiger partial charge in [-0.05, 0) is 31.1 Å². The molecule has 4 aromatic rings. The van der Waals surface area contributed by atoms with E-state index in [9.17, 15) is 0 Å². The van der Waals surface area contributed by atoms with Crippen molar-refractivity contribution >= 4 is 22.9 Å². The van der Waals surface area contributed by atoms with Gasteiger partial charge in [-0.1, -0.05) is 36.8 Å². The predicted molar refractivity (Wildman–Crippen MR) is 134 cm³/mol. The molecule has 0 radical (unpaired) electrons. The Balaban J connectivity index is 1.54. The molecule has 176 valence electrons. The number of hydrogen-bond donors (Lipinski definition) is 0. The second-order valence-electron chi connectivity index (χ2n) is 8.77. The number of aromatic nitrogens is 3. The number of ether oxygens (including phenoxy) is 2. The first-order valence-electron chi connectivity index (χ1n) is 11.7. The highest BCUT2D eigenvalue weighted by atomic mass is 16.5. The minimum atomic E-state index is 0.296. The quantitative estimate of drug-likeness (QED) is 0.383. The standard InChI is InChI=1S/C27H30N4O3/c1-19-5-4-6-21(15-19)23-9-10-31(29-23)26-17-25(30-11-13-33-14-12-30)27-24(28-26)16-22(34-27)8-7-20(2)18-32-3/h4-10,15-17,20H,11-14,18H2,1-3H3/b8-7+. The van der Waals surface area contributed by atoms with Gasteiger partial charge in [0.25, 0.3) is 0 Å². The third-order valence-corrected chi connectivity index (χ3v) is 5.97. The van der Waals surface area contributed by atoms with E-state index >= 15 is 0 Å². The molecule has 1 saturated heterocycles. The number of anilines is 1. The molecule has 1 unspecified atom stereocenters. The molecule has 1 aromatic carbocycles. The van der Waals surface area contributed by atoms with Crippen molar-refractivity contribution in [2.75, 3.05) is 44.9 Å². The third kappa shape index (κ3) is 4.76. The maximum Gasteiger partial charge on any atom is 0.176 e. The Kier molecular flexibility index (Phi) is 6.47. The lowest BCUT2D eigenvalue weighted by atomic mass is 10.1. The van der Waals surface area contributed by atoms with Gasteiger partial charge in [0.15, 0.2) is 11.4 Å². The summed E-state index contributed by atoms with van der Waals surface area (Å²) in [6.45, 7) is 7.88. The Morgan fingerprint density at radius 2 is 2.00 bits per heavy atom. The van der Waals surface area contributed by atoms with Crippen LogP contribution in [0.25, 0.3) is 34.3 Å². The lowest BCUT2D eigenvalue weighted by Crippen LogP contribution is -2.36. The van der Waals surface area contributed by atoms with Crippen molar-refractivity contribution in [3.8, 4) is 17.1 Å². The number of nitrogens with zero attached hydrogens (tertiary/aromatic N) is 4. The summed E-state index contributed by atoms with van der Waals surface area (Å²) >= 11 is 0. The molecule has 5 rings (SSSR count). The van der Waals surface area contributed by atoms with Crippen LogP contribution in [0.3, 0.4) is 0 Å². The van der Waals surface area contributed by atoms with E-state index in [2.05, 4.69) is 55.2 Å². The van der Waals surface area contributed by atoms with Crippen LogP contribution >= 0.6 is 0 Å². The van der Waals surface area contributed by atoms with Crippen molar-refractivity contribution in [3.05, 3.63) is 66.1 Å². The van der Waals surface area contributed by atoms with Crippen LogP contribution in [0.15, 0.2) is 59.2 Å². The highest BCUT2D eigenvalue weighted by Crippen LogP contribution is 2.32. The van der Waals surface area contributed by atoms with Crippen LogP contribution in [0.5, 0.6) is 0 Å². The summed E-state index contributed by atoms with van der Waals surface area (Å²) < 4.78 is 18.9. The molecular weight excluding hydrogens is 428 g/mol. The monoisotopic (exact) mass is 458 g/mol. The van der Waals surface area contributed by atoms with Crippen molar-refractivity contribution in [1.29, 1.82) is 0 Å². The second-order valence-corrected chi connectivity index (χ2v) is 8.77. The molecule has 3 aromatic heterocycles. The summed E-state index contributed by atoms with van der Waals surface area (Å²) in [6.07, 6.45) is 6.05. The minimum absolute atomic E-state index is 0.296. The predicted octanol–water partition coefficient (Wildman–Crippen LogP) is 5.12. The maximum absolute atomic E-state index is 6.26. The number of hydrogen-bond acceptors (Lipinski definition) is 6. The van der Waals surface area contributed by atoms with Gasteiger partial charge in [0, 0.05) is 44.1 Å². The first-order chi connectivity index (χ1) is 16.6. The molecule has 0 amide bonds. The highest BCUT2D eigenvalue weighted by Gasteiger charge is 2.20. The van der Waals surface area contributed by atoms with Gasteiger partial charge in [-0.15, -0.1) is 0 Å². The van der Waals surface area contributed by atoms with Gasteiger partial charge in [-0.2, -0.15) is 5.10 Å². The van der Waals surface area contributed by atoms with E-state index in [0.29, 0.717) is 25.7 Å². The molecule has 1 atom stereocenters. The zero-order valence-corrected chi connectivity index (χ0v) is 19.9. The number of benzene rings is 1. The average molecular weight is 459 g/mol. The first-order valence-corrected chi connectivity index (χ1v) is 11.7. The molecule has 0 saturated carbocycles. The van der Waals surface area contributed by atoms with Crippen molar-refractivity contribution in [2.24, 2.45) is 5.92 Å². The molecule has 0 bridgehead atoms. The summed E-state index contributed by atoms with van der Waals surface area (Å²) in [6, 6.07) is 14.4. The van der Waals surface area contributed by atoms with Gasteiger partial charge in [-0.3, -0.25) is 0 Å². The third-order valence-electron chi connectivity index (χ3n) is 5.97. The Morgan fingerprint density at radius 1 is 1.15 bits per heavy atom. The molecule has 1 fully saturated rings. The Hall–Kier alpha value is -3.42. The minimum Gasteiger partial charge on any atom is -0.453 e. The van der Waals surface area contributed by atoms with E-state index < -0.39 is 0 Å². The van der Waals surface area contributed by atoms with E-state index in [1.165, 1.54) is 5.56 Å². The highest BCUT2D eigenvalue weighted by molar-refractivity contribution is 5.89. The van der Waals surface area contributed by atoms with Crippen molar-refractivity contribution < 1.29 is 13.9 Å². The summed E-state index contributed by atoms with van der Waals surface area (Å²) in [7, 11) is 1.71. The Bertz CT molecular complexity index is 1300. The van der Waals surface area contributed by atoms with Crippen LogP contribution in [0, 0.1) is 12.8 Å². The van der Waals surface area contributed by atoms with Gasteiger partial charge in [0.1, 0.15) is 11.3 Å². The van der Waals surface area contributed by atoms with E-state index in [1.807, 2.05) is 29.1 Å². The topological polar surface area (TPSA) is 65.5 Å². The van der Waals surface area contributed by atoms with Gasteiger partial charge < -0.3 is 18.8 Å². The zero-order chi connectivity index (χ0) is 23.5. The molecule has 4 heterocycles. The molecule has 0 aliphatic carbocycles. The van der Waals surface area contributed by atoms with Gasteiger partial charge in [-0.25, -0.2) is 9.67 Å². The van der Waals surface area contributed by atoms with Gasteiger partial charge in [0.05, 0.1) is 31.2 Å². The summed E-state index contributed by atoms with van der Waals surface area (Å²) in [5.74, 6) is 1.83. The fraction of sp³-hybridized carbons (Fsp3) is 0.333. The smallest absolute Gasteiger partial charge is 0.176 e. The lowest BCUT2D eigenvalue weighted by Gasteiger charge is -2.28. The number of morpholine rings is 1. The molecule has 7 nitrogen and oxygen atoms in total. The van der Waals surface area contributed by atoms with Crippen LogP contribution < -0.4 is 4.90 Å². The van der Waals surface area contributed by atoms with Crippen LogP contribution in [0.1, 0.15) is 18.2 Å². The summed E-state index contributed by atoms with van der Waals surface area (Å²) in [5, 5.41) is 4.82. The van der Waals surface area contributed by atoms with E-state index in [-0.39, 0.29) is 0 Å². The van der Waals surface area contributed by atoms with Gasteiger partial charge in [0.2, 0.25) is 0 Å². The number of furan rings is 1. The van der Waals surface area contributed by atoms with Crippen molar-refractivity contribution in [2.45, 2.75) is 13.8 Å². The number of methoxy groups -OCH3 is 1. The molecule has 34 heavy (non-hydrogen) atoms. The fourth-order valence-corrected chi connectivity index (χ4v) is 4.24. The molecule has 0 spiro atoms. The zero-order valence-electron chi connectivity index (χ0n) is 19.9. The van der Waals surface area contributed by atoms with Crippen molar-refractivity contribution in [3.63, 3.8) is 0 Å². The Morgan fingerprint density at radius 3 is 2.79 bits per heavy atom. The van der Waals surface area contributed by atoms with Crippen LogP contribution in [0.4, 0.5) is 5.69 Å². The first kappa shape index (κ1) is 22.4. The number of rotatable bonds is 7. The SMILES string of the molecule is COCC(C)/C=C/c1cc2nc(-n3ccc(-c4cccc(C)c4)n3)cc(N3CCOCC3)c2o1. The molecule has 1 aliphatic heterocycles.